The quantitative estimate of drug-likeness (QED) is 0.0916. The molecule has 14 heteroatoms. The van der Waals surface area contributed by atoms with E-state index in [0.29, 0.717) is 32.7 Å². The van der Waals surface area contributed by atoms with E-state index in [0.717, 1.165) is 40.5 Å². The maximum atomic E-state index is 14.1. The molecule has 1 heterocycles. The van der Waals surface area contributed by atoms with Crippen LogP contribution in [0.15, 0.2) is 112 Å². The van der Waals surface area contributed by atoms with E-state index in [1.165, 1.54) is 31.2 Å². The number of carbonyl (C=O) groups is 3. The van der Waals surface area contributed by atoms with Crippen molar-refractivity contribution in [1.82, 2.24) is 4.57 Å². The van der Waals surface area contributed by atoms with Crippen LogP contribution in [0.2, 0.25) is 0 Å². The second-order valence-corrected chi connectivity index (χ2v) is 14.5. The van der Waals surface area contributed by atoms with E-state index in [2.05, 4.69) is 31.9 Å². The van der Waals surface area contributed by atoms with Gasteiger partial charge in [0.05, 0.1) is 16.8 Å². The highest BCUT2D eigenvalue weighted by Gasteiger charge is 2.19. The summed E-state index contributed by atoms with van der Waals surface area (Å²) in [5.41, 5.74) is 2.79. The third kappa shape index (κ3) is 11.0. The molecule has 0 aliphatic heterocycles. The second kappa shape index (κ2) is 19.0. The predicted octanol–water partition coefficient (Wildman–Crippen LogP) is 11.8. The van der Waals surface area contributed by atoms with Crippen molar-refractivity contribution in [1.29, 1.82) is 0 Å². The number of benzene rings is 5. The number of hydrogen-bond donors (Lipinski definition) is 1. The van der Waals surface area contributed by atoms with Gasteiger partial charge in [-0.15, -0.1) is 0 Å². The molecular weight excluding hydrogens is 881 g/mol. The molecule has 0 amide bonds. The van der Waals surface area contributed by atoms with Crippen molar-refractivity contribution in [2.45, 2.75) is 39.9 Å². The number of ketones is 2. The van der Waals surface area contributed by atoms with Crippen molar-refractivity contribution < 1.29 is 50.9 Å². The van der Waals surface area contributed by atoms with E-state index >= 15 is 0 Å². The van der Waals surface area contributed by atoms with E-state index < -0.39 is 40.6 Å². The number of Topliss-reactive ketones (excluding diaryl/α,β-unsaturated/α-hetero) is 2. The molecule has 1 aromatic heterocycles. The molecule has 0 bridgehead atoms. The van der Waals surface area contributed by atoms with Gasteiger partial charge in [0, 0.05) is 62.0 Å². The lowest BCUT2D eigenvalue weighted by atomic mass is 10.0. The molecule has 1 N–H and O–H groups in total. The Kier molecular flexibility index (Phi) is 14.2. The lowest BCUT2D eigenvalue weighted by molar-refractivity contribution is -0.117. The van der Waals surface area contributed by atoms with Gasteiger partial charge in [-0.05, 0) is 105 Å². The zero-order valence-corrected chi connectivity index (χ0v) is 33.4. The largest absolute Gasteiger partial charge is 0.488 e. The minimum Gasteiger partial charge on any atom is -0.488 e. The summed E-state index contributed by atoms with van der Waals surface area (Å²) in [5.74, 6) is -4.54. The standard InChI is InChI=1S/C25H17BrF3NO3.C18H15BrF2O3/c1-14-2-8-23(30(14)18-6-7-21(28)19(12-18)25(31)32)20-10-16(26)4-9-24(20)33-13-15-3-5-17(27)11-22(15)29;1-11(22)2-6-17(23)15-8-13(19)4-7-18(15)24-10-12-3-5-14(20)9-16(12)21/h2-12H,13H2,1H3,(H,31,32);3-5,7-9H,2,6,10H2,1H3. The SMILES string of the molecule is CC(=O)CCC(=O)c1cc(Br)ccc1OCc1ccc(F)cc1F.Cc1ccc(-c2cc(Br)ccc2OCc2ccc(F)cc2F)n1-c1ccc(F)c(C(=O)O)c1. The number of aromatic nitrogens is 1. The van der Waals surface area contributed by atoms with Gasteiger partial charge in [0.2, 0.25) is 0 Å². The second-order valence-electron chi connectivity index (χ2n) is 12.6. The Hall–Kier alpha value is -5.60. The summed E-state index contributed by atoms with van der Waals surface area (Å²) >= 11 is 6.73. The number of rotatable bonds is 13. The fourth-order valence-electron chi connectivity index (χ4n) is 5.59. The van der Waals surface area contributed by atoms with Crippen LogP contribution in [-0.2, 0) is 18.0 Å². The molecule has 0 saturated carbocycles. The number of carboxylic acid groups (broad SMARTS) is 1. The number of hydrogen-bond acceptors (Lipinski definition) is 5. The Morgan fingerprint density at radius 3 is 1.79 bits per heavy atom. The summed E-state index contributed by atoms with van der Waals surface area (Å²) in [4.78, 5) is 34.7. The van der Waals surface area contributed by atoms with Gasteiger partial charge in [0.1, 0.15) is 59.6 Å². The number of carboxylic acids is 1. The van der Waals surface area contributed by atoms with E-state index in [1.807, 2.05) is 25.1 Å². The average Bonchev–Trinajstić information content (AvgIpc) is 3.55. The third-order valence-electron chi connectivity index (χ3n) is 8.47. The monoisotopic (exact) mass is 911 g/mol. The van der Waals surface area contributed by atoms with Crippen LogP contribution in [0.1, 0.15) is 57.3 Å². The molecule has 0 atom stereocenters. The Balaban J connectivity index is 0.000000230. The van der Waals surface area contributed by atoms with Crippen molar-refractivity contribution >= 4 is 49.4 Å². The highest BCUT2D eigenvalue weighted by molar-refractivity contribution is 9.10. The molecule has 5 aromatic carbocycles. The number of nitrogens with zero attached hydrogens (tertiary/aromatic N) is 1. The van der Waals surface area contributed by atoms with Crippen LogP contribution in [0.3, 0.4) is 0 Å². The maximum absolute atomic E-state index is 14.1. The summed E-state index contributed by atoms with van der Waals surface area (Å²) in [6.45, 7) is 2.99. The lowest BCUT2D eigenvalue weighted by Crippen LogP contribution is -2.07. The highest BCUT2D eigenvalue weighted by atomic mass is 79.9. The molecule has 0 spiro atoms. The van der Waals surface area contributed by atoms with Crippen LogP contribution in [0.25, 0.3) is 16.9 Å². The zero-order chi connectivity index (χ0) is 41.4. The van der Waals surface area contributed by atoms with E-state index in [4.69, 9.17) is 9.47 Å². The molecular formula is C43H32Br2F5NO6. The first kappa shape index (κ1) is 42.5. The number of halogens is 7. The molecule has 7 nitrogen and oxygen atoms in total. The first-order chi connectivity index (χ1) is 27.1. The van der Waals surface area contributed by atoms with Gasteiger partial charge < -0.3 is 23.9 Å². The lowest BCUT2D eigenvalue weighted by Gasteiger charge is -2.17. The van der Waals surface area contributed by atoms with Crippen molar-refractivity contribution in [3.8, 4) is 28.4 Å². The van der Waals surface area contributed by atoms with E-state index in [9.17, 15) is 41.4 Å². The normalized spacial score (nSPS) is 10.8. The molecule has 6 aromatic rings. The van der Waals surface area contributed by atoms with Crippen LogP contribution in [0, 0.1) is 36.0 Å². The van der Waals surface area contributed by atoms with E-state index in [-0.39, 0.29) is 54.5 Å². The fraction of sp³-hybridized carbons (Fsp3) is 0.140. The molecule has 0 saturated heterocycles. The highest BCUT2D eigenvalue weighted by Crippen LogP contribution is 2.36. The van der Waals surface area contributed by atoms with Crippen LogP contribution < -0.4 is 9.47 Å². The maximum Gasteiger partial charge on any atom is 0.338 e. The Morgan fingerprint density at radius 1 is 0.632 bits per heavy atom. The van der Waals surface area contributed by atoms with Crippen LogP contribution in [-0.4, -0.2) is 27.2 Å². The van der Waals surface area contributed by atoms with Crippen LogP contribution >= 0.6 is 31.9 Å². The van der Waals surface area contributed by atoms with Gasteiger partial charge in [-0.3, -0.25) is 4.79 Å². The molecule has 0 aliphatic carbocycles. The number of ether oxygens (including phenoxy) is 2. The van der Waals surface area contributed by atoms with Gasteiger partial charge in [0.25, 0.3) is 0 Å². The Morgan fingerprint density at radius 2 is 1.21 bits per heavy atom. The van der Waals surface area contributed by atoms with Crippen molar-refractivity contribution in [2.75, 3.05) is 0 Å². The molecule has 294 valence electrons. The molecule has 0 fully saturated rings. The summed E-state index contributed by atoms with van der Waals surface area (Å²) in [6, 6.07) is 24.2. The first-order valence-electron chi connectivity index (χ1n) is 17.1. The average molecular weight is 914 g/mol. The Labute approximate surface area is 340 Å². The minimum absolute atomic E-state index is 0.0748. The van der Waals surface area contributed by atoms with Gasteiger partial charge in [-0.25, -0.2) is 26.7 Å². The summed E-state index contributed by atoms with van der Waals surface area (Å²) in [6.07, 6.45) is 0.227. The van der Waals surface area contributed by atoms with Crippen LogP contribution in [0.4, 0.5) is 22.0 Å². The smallest absolute Gasteiger partial charge is 0.338 e. The van der Waals surface area contributed by atoms with Gasteiger partial charge >= 0.3 is 5.97 Å². The predicted molar refractivity (Wildman–Crippen MR) is 210 cm³/mol. The van der Waals surface area contributed by atoms with Gasteiger partial charge in [-0.1, -0.05) is 31.9 Å². The van der Waals surface area contributed by atoms with Crippen molar-refractivity contribution in [2.24, 2.45) is 0 Å². The zero-order valence-electron chi connectivity index (χ0n) is 30.2. The number of carbonyl (C=O) groups excluding carboxylic acids is 2. The minimum atomic E-state index is -1.37. The van der Waals surface area contributed by atoms with Crippen molar-refractivity contribution in [3.63, 3.8) is 0 Å². The molecule has 0 aliphatic rings. The topological polar surface area (TPSA) is 94.8 Å². The summed E-state index contributed by atoms with van der Waals surface area (Å²) < 4.78 is 82.4. The fourth-order valence-corrected chi connectivity index (χ4v) is 6.32. The van der Waals surface area contributed by atoms with Gasteiger partial charge in [-0.2, -0.15) is 0 Å². The first-order valence-corrected chi connectivity index (χ1v) is 18.7. The number of aryl methyl sites for hydroxylation is 1. The Bertz CT molecular complexity index is 2470. The van der Waals surface area contributed by atoms with Crippen molar-refractivity contribution in [3.05, 3.63) is 169 Å². The third-order valence-corrected chi connectivity index (χ3v) is 9.46. The molecule has 0 unspecified atom stereocenters. The molecule has 57 heavy (non-hydrogen) atoms. The molecule has 6 rings (SSSR count). The molecule has 0 radical (unpaired) electrons. The van der Waals surface area contributed by atoms with Gasteiger partial charge in [0.15, 0.2) is 5.78 Å². The number of aromatic carboxylic acids is 1. The van der Waals surface area contributed by atoms with Crippen LogP contribution in [0.5, 0.6) is 11.5 Å². The summed E-state index contributed by atoms with van der Waals surface area (Å²) in [5, 5.41) is 9.31. The summed E-state index contributed by atoms with van der Waals surface area (Å²) in [7, 11) is 0. The van der Waals surface area contributed by atoms with E-state index in [1.54, 1.807) is 34.9 Å².